The van der Waals surface area contributed by atoms with Gasteiger partial charge in [-0.15, -0.1) is 0 Å². The summed E-state index contributed by atoms with van der Waals surface area (Å²) in [5.74, 6) is 0.803. The molecule has 2 saturated heterocycles. The van der Waals surface area contributed by atoms with Gasteiger partial charge >= 0.3 is 0 Å². The summed E-state index contributed by atoms with van der Waals surface area (Å²) in [6.45, 7) is 3.28. The number of Topliss-reactive ketones (excluding diaryl/α,β-unsaturated/α-hetero) is 2. The number of carbonyl (C=O) groups excluding carboxylic acids is 2. The van der Waals surface area contributed by atoms with Gasteiger partial charge < -0.3 is 10.6 Å². The molecule has 1 aromatic carbocycles. The van der Waals surface area contributed by atoms with Crippen LogP contribution in [0.4, 0.5) is 0 Å². The summed E-state index contributed by atoms with van der Waals surface area (Å²) < 4.78 is 0. The Hall–Kier alpha value is -1.27. The molecule has 4 rings (SSSR count). The second-order valence-electron chi connectivity index (χ2n) is 8.76. The molecule has 5 nitrogen and oxygen atoms in total. The summed E-state index contributed by atoms with van der Waals surface area (Å²) in [6, 6.07) is 7.13. The van der Waals surface area contributed by atoms with Gasteiger partial charge in [0.05, 0.1) is 12.2 Å². The zero-order chi connectivity index (χ0) is 20.2. The van der Waals surface area contributed by atoms with Crippen LogP contribution in [-0.2, 0) is 4.79 Å². The number of nitrogens with one attached hydrogen (secondary N) is 2. The van der Waals surface area contributed by atoms with Crippen molar-refractivity contribution < 1.29 is 9.59 Å². The minimum atomic E-state index is -0.0752. The quantitative estimate of drug-likeness (QED) is 0.720. The normalized spacial score (nSPS) is 29.5. The average molecular weight is 418 g/mol. The third-order valence-corrected chi connectivity index (χ3v) is 7.15. The van der Waals surface area contributed by atoms with Crippen molar-refractivity contribution in [3.63, 3.8) is 0 Å². The molecule has 3 fully saturated rings. The Bertz CT molecular complexity index is 717. The molecule has 1 saturated carbocycles. The van der Waals surface area contributed by atoms with E-state index in [1.54, 1.807) is 12.1 Å². The molecule has 2 heterocycles. The lowest BCUT2D eigenvalue weighted by Gasteiger charge is -2.45. The lowest BCUT2D eigenvalue weighted by atomic mass is 9.82. The van der Waals surface area contributed by atoms with Gasteiger partial charge in [-0.25, -0.2) is 0 Å². The van der Waals surface area contributed by atoms with E-state index >= 15 is 0 Å². The number of rotatable bonds is 5. The van der Waals surface area contributed by atoms with Gasteiger partial charge in [-0.1, -0.05) is 30.9 Å². The van der Waals surface area contributed by atoms with E-state index < -0.39 is 0 Å². The van der Waals surface area contributed by atoms with E-state index in [1.807, 2.05) is 12.1 Å². The predicted octanol–water partition coefficient (Wildman–Crippen LogP) is 3.27. The van der Waals surface area contributed by atoms with Gasteiger partial charge in [-0.05, 0) is 56.5 Å². The van der Waals surface area contributed by atoms with E-state index in [2.05, 4.69) is 15.5 Å². The molecule has 0 radical (unpaired) electrons. The molecule has 158 valence electrons. The molecular formula is C23H32ClN3O2. The molecule has 3 unspecified atom stereocenters. The molecule has 0 spiro atoms. The molecule has 0 bridgehead atoms. The number of piperidine rings is 1. The van der Waals surface area contributed by atoms with Crippen molar-refractivity contribution in [2.45, 2.75) is 57.2 Å². The monoisotopic (exact) mass is 417 g/mol. The van der Waals surface area contributed by atoms with E-state index in [9.17, 15) is 9.59 Å². The maximum atomic E-state index is 13.3. The first-order chi connectivity index (χ1) is 14.1. The van der Waals surface area contributed by atoms with Crippen LogP contribution in [0.25, 0.3) is 0 Å². The number of halogens is 1. The van der Waals surface area contributed by atoms with Gasteiger partial charge in [0.1, 0.15) is 0 Å². The summed E-state index contributed by atoms with van der Waals surface area (Å²) in [5.41, 5.74) is 0.732. The summed E-state index contributed by atoms with van der Waals surface area (Å²) in [5, 5.41) is 7.66. The first-order valence-corrected chi connectivity index (χ1v) is 11.5. The first-order valence-electron chi connectivity index (χ1n) is 11.2. The number of hydrogen-bond acceptors (Lipinski definition) is 5. The topological polar surface area (TPSA) is 61.4 Å². The smallest absolute Gasteiger partial charge is 0.166 e. The van der Waals surface area contributed by atoms with Crippen molar-refractivity contribution in [1.82, 2.24) is 15.5 Å². The van der Waals surface area contributed by atoms with Crippen LogP contribution in [-0.4, -0.2) is 54.9 Å². The van der Waals surface area contributed by atoms with Crippen LogP contribution < -0.4 is 10.6 Å². The molecule has 0 amide bonds. The zero-order valence-corrected chi connectivity index (χ0v) is 17.8. The number of piperazine rings is 1. The van der Waals surface area contributed by atoms with Crippen LogP contribution in [0, 0.1) is 11.8 Å². The molecule has 29 heavy (non-hydrogen) atoms. The van der Waals surface area contributed by atoms with Gasteiger partial charge in [0.2, 0.25) is 0 Å². The van der Waals surface area contributed by atoms with Gasteiger partial charge in [0, 0.05) is 42.1 Å². The Kier molecular flexibility index (Phi) is 7.01. The Labute approximate surface area is 178 Å². The van der Waals surface area contributed by atoms with Crippen LogP contribution >= 0.6 is 11.6 Å². The van der Waals surface area contributed by atoms with Gasteiger partial charge in [-0.3, -0.25) is 14.5 Å². The molecule has 3 atom stereocenters. The summed E-state index contributed by atoms with van der Waals surface area (Å²) in [6.07, 6.45) is 7.38. The number of benzene rings is 1. The Morgan fingerprint density at radius 1 is 0.966 bits per heavy atom. The number of carbonyl (C=O) groups is 2. The number of ketones is 2. The van der Waals surface area contributed by atoms with E-state index in [4.69, 9.17) is 11.6 Å². The average Bonchev–Trinajstić information content (AvgIpc) is 2.79. The third-order valence-electron chi connectivity index (χ3n) is 6.90. The summed E-state index contributed by atoms with van der Waals surface area (Å²) >= 11 is 5.97. The minimum absolute atomic E-state index is 0.0113. The van der Waals surface area contributed by atoms with Crippen LogP contribution in [0.15, 0.2) is 24.3 Å². The van der Waals surface area contributed by atoms with Crippen LogP contribution in [0.2, 0.25) is 5.02 Å². The Morgan fingerprint density at radius 3 is 2.48 bits per heavy atom. The highest BCUT2D eigenvalue weighted by Crippen LogP contribution is 2.29. The highest BCUT2D eigenvalue weighted by atomic mass is 35.5. The second-order valence-corrected chi connectivity index (χ2v) is 9.19. The summed E-state index contributed by atoms with van der Waals surface area (Å²) in [7, 11) is 0. The van der Waals surface area contributed by atoms with Crippen LogP contribution in [0.3, 0.4) is 0 Å². The fraction of sp³-hybridized carbons (Fsp3) is 0.652. The molecule has 2 N–H and O–H groups in total. The van der Waals surface area contributed by atoms with E-state index in [-0.39, 0.29) is 29.8 Å². The number of hydrogen-bond donors (Lipinski definition) is 2. The lowest BCUT2D eigenvalue weighted by molar-refractivity contribution is -0.131. The van der Waals surface area contributed by atoms with E-state index in [1.165, 1.54) is 19.3 Å². The first kappa shape index (κ1) is 21.0. The highest BCUT2D eigenvalue weighted by molar-refractivity contribution is 6.30. The maximum Gasteiger partial charge on any atom is 0.166 e. The number of nitrogens with zero attached hydrogens (tertiary/aromatic N) is 1. The van der Waals surface area contributed by atoms with E-state index in [0.717, 1.165) is 57.4 Å². The highest BCUT2D eigenvalue weighted by Gasteiger charge is 2.39. The molecule has 6 heteroatoms. The molecule has 0 aromatic heterocycles. The van der Waals surface area contributed by atoms with E-state index in [0.29, 0.717) is 10.8 Å². The van der Waals surface area contributed by atoms with Crippen molar-refractivity contribution >= 4 is 23.2 Å². The largest absolute Gasteiger partial charge is 0.313 e. The lowest BCUT2D eigenvalue weighted by Crippen LogP contribution is -2.64. The van der Waals surface area contributed by atoms with Gasteiger partial charge in [0.25, 0.3) is 0 Å². The van der Waals surface area contributed by atoms with Crippen LogP contribution in [0.5, 0.6) is 0 Å². The van der Waals surface area contributed by atoms with Crippen molar-refractivity contribution in [3.05, 3.63) is 34.9 Å². The second kappa shape index (κ2) is 9.69. The molecule has 3 aliphatic rings. The Morgan fingerprint density at radius 2 is 1.72 bits per heavy atom. The fourth-order valence-electron chi connectivity index (χ4n) is 5.25. The molecular weight excluding hydrogens is 386 g/mol. The fourth-order valence-corrected chi connectivity index (χ4v) is 5.38. The SMILES string of the molecule is O=C(c1ccc(Cl)cc1)C1CCNC(N2CCNCC2C(=O)C2CCCCC2)C1. The van der Waals surface area contributed by atoms with Crippen molar-refractivity contribution in [2.75, 3.05) is 26.2 Å². The maximum absolute atomic E-state index is 13.3. The molecule has 1 aromatic rings. The van der Waals surface area contributed by atoms with Crippen molar-refractivity contribution in [3.8, 4) is 0 Å². The third kappa shape index (κ3) is 4.91. The Balaban J connectivity index is 1.44. The van der Waals surface area contributed by atoms with Crippen molar-refractivity contribution in [1.29, 1.82) is 0 Å². The van der Waals surface area contributed by atoms with Gasteiger partial charge in [0.15, 0.2) is 11.6 Å². The van der Waals surface area contributed by atoms with Gasteiger partial charge in [-0.2, -0.15) is 0 Å². The molecule has 2 aliphatic heterocycles. The molecule has 1 aliphatic carbocycles. The zero-order valence-electron chi connectivity index (χ0n) is 17.0. The summed E-state index contributed by atoms with van der Waals surface area (Å²) in [4.78, 5) is 28.7. The van der Waals surface area contributed by atoms with Crippen molar-refractivity contribution in [2.24, 2.45) is 11.8 Å². The minimum Gasteiger partial charge on any atom is -0.313 e. The van der Waals surface area contributed by atoms with Crippen LogP contribution in [0.1, 0.15) is 55.3 Å². The predicted molar refractivity (Wildman–Crippen MR) is 115 cm³/mol. The standard InChI is InChI=1S/C23H32ClN3O2/c24-19-8-6-17(7-9-19)22(28)18-10-11-26-21(14-18)27-13-12-25-15-20(27)23(29)16-4-2-1-3-5-16/h6-9,16,18,20-21,25-26H,1-5,10-15H2.